The minimum Gasteiger partial charge on any atom is -0.495 e. The fourth-order valence-electron chi connectivity index (χ4n) is 4.07. The number of nitrogens with one attached hydrogen (secondary N) is 1. The number of aryl methyl sites for hydroxylation is 1. The number of carbonyl (C=O) groups excluding carboxylic acids is 3. The summed E-state index contributed by atoms with van der Waals surface area (Å²) in [4.78, 5) is 38.6. The number of rotatable bonds is 5. The molecular weight excluding hydrogens is 346 g/mol. The van der Waals surface area contributed by atoms with E-state index in [4.69, 9.17) is 10.5 Å². The van der Waals surface area contributed by atoms with Gasteiger partial charge in [0.2, 0.25) is 17.7 Å². The molecule has 146 valence electrons. The molecule has 7 heteroatoms. The summed E-state index contributed by atoms with van der Waals surface area (Å²) in [6.45, 7) is 2.25. The first kappa shape index (κ1) is 19.2. The number of carbonyl (C=O) groups is 3. The van der Waals surface area contributed by atoms with Gasteiger partial charge in [-0.25, -0.2) is 0 Å². The predicted octanol–water partition coefficient (Wildman–Crippen LogP) is 1.52. The van der Waals surface area contributed by atoms with Crippen molar-refractivity contribution in [3.05, 3.63) is 23.8 Å². The summed E-state index contributed by atoms with van der Waals surface area (Å²) in [6, 6.07) is 5.40. The van der Waals surface area contributed by atoms with Crippen LogP contribution in [0, 0.1) is 18.8 Å². The van der Waals surface area contributed by atoms with Crippen molar-refractivity contribution in [3.8, 4) is 5.75 Å². The molecule has 1 aromatic carbocycles. The second-order valence-electron chi connectivity index (χ2n) is 7.49. The SMILES string of the molecule is COc1ccc(C)cc1N1C[C@H](C(=O)N[C@@H]2CCCC[C@H]2C(N)=O)CC1=O. The molecule has 1 heterocycles. The van der Waals surface area contributed by atoms with Gasteiger partial charge in [0.15, 0.2) is 0 Å². The summed E-state index contributed by atoms with van der Waals surface area (Å²) in [5, 5.41) is 2.97. The van der Waals surface area contributed by atoms with E-state index in [0.29, 0.717) is 24.4 Å². The molecule has 3 rings (SSSR count). The number of nitrogens with two attached hydrogens (primary N) is 1. The van der Waals surface area contributed by atoms with E-state index < -0.39 is 5.92 Å². The van der Waals surface area contributed by atoms with Crippen LogP contribution in [0.15, 0.2) is 18.2 Å². The maximum absolute atomic E-state index is 12.8. The van der Waals surface area contributed by atoms with Gasteiger partial charge in [0.25, 0.3) is 0 Å². The van der Waals surface area contributed by atoms with E-state index in [9.17, 15) is 14.4 Å². The van der Waals surface area contributed by atoms with Crippen molar-refractivity contribution < 1.29 is 19.1 Å². The number of hydrogen-bond acceptors (Lipinski definition) is 4. The molecule has 3 atom stereocenters. The Morgan fingerprint density at radius 3 is 2.70 bits per heavy atom. The van der Waals surface area contributed by atoms with Gasteiger partial charge in [-0.1, -0.05) is 18.9 Å². The summed E-state index contributed by atoms with van der Waals surface area (Å²) in [6.07, 6.45) is 3.51. The maximum Gasteiger partial charge on any atom is 0.227 e. The molecular formula is C20H27N3O4. The smallest absolute Gasteiger partial charge is 0.227 e. The second-order valence-corrected chi connectivity index (χ2v) is 7.49. The van der Waals surface area contributed by atoms with Gasteiger partial charge >= 0.3 is 0 Å². The second kappa shape index (κ2) is 7.98. The molecule has 3 amide bonds. The number of ether oxygens (including phenoxy) is 1. The zero-order valence-electron chi connectivity index (χ0n) is 15.9. The van der Waals surface area contributed by atoms with E-state index in [1.165, 1.54) is 0 Å². The lowest BCUT2D eigenvalue weighted by molar-refractivity contribution is -0.129. The molecule has 0 radical (unpaired) electrons. The Hall–Kier alpha value is -2.57. The average Bonchev–Trinajstić information content (AvgIpc) is 3.03. The van der Waals surface area contributed by atoms with Gasteiger partial charge in [-0.05, 0) is 37.5 Å². The molecule has 0 aromatic heterocycles. The Bertz CT molecular complexity index is 749. The van der Waals surface area contributed by atoms with Crippen molar-refractivity contribution in [1.82, 2.24) is 5.32 Å². The fraction of sp³-hybridized carbons (Fsp3) is 0.550. The van der Waals surface area contributed by atoms with Crippen LogP contribution in [0.2, 0.25) is 0 Å². The van der Waals surface area contributed by atoms with E-state index in [0.717, 1.165) is 24.8 Å². The fourth-order valence-corrected chi connectivity index (χ4v) is 4.07. The summed E-state index contributed by atoms with van der Waals surface area (Å²) >= 11 is 0. The van der Waals surface area contributed by atoms with Crippen LogP contribution < -0.4 is 20.7 Å². The molecule has 2 aliphatic rings. The highest BCUT2D eigenvalue weighted by Crippen LogP contribution is 2.34. The van der Waals surface area contributed by atoms with Crippen molar-refractivity contribution in [2.24, 2.45) is 17.6 Å². The molecule has 27 heavy (non-hydrogen) atoms. The molecule has 1 saturated carbocycles. The van der Waals surface area contributed by atoms with Crippen LogP contribution in [0.25, 0.3) is 0 Å². The third-order valence-corrected chi connectivity index (χ3v) is 5.58. The Morgan fingerprint density at radius 2 is 2.00 bits per heavy atom. The van der Waals surface area contributed by atoms with Crippen molar-refractivity contribution >= 4 is 23.4 Å². The zero-order valence-corrected chi connectivity index (χ0v) is 15.9. The molecule has 0 unspecified atom stereocenters. The summed E-state index contributed by atoms with van der Waals surface area (Å²) in [5.74, 6) is -0.819. The van der Waals surface area contributed by atoms with Gasteiger partial charge in [0.1, 0.15) is 5.75 Å². The Kier molecular flexibility index (Phi) is 5.68. The molecule has 1 aromatic rings. The van der Waals surface area contributed by atoms with E-state index in [1.807, 2.05) is 25.1 Å². The lowest BCUT2D eigenvalue weighted by atomic mass is 9.83. The lowest BCUT2D eigenvalue weighted by Gasteiger charge is -2.30. The van der Waals surface area contributed by atoms with Gasteiger partial charge in [-0.3, -0.25) is 14.4 Å². The molecule has 1 aliphatic carbocycles. The van der Waals surface area contributed by atoms with Crippen LogP contribution in [-0.2, 0) is 14.4 Å². The number of hydrogen-bond donors (Lipinski definition) is 2. The molecule has 2 fully saturated rings. The molecule has 1 saturated heterocycles. The highest BCUT2D eigenvalue weighted by molar-refractivity contribution is 6.01. The van der Waals surface area contributed by atoms with Gasteiger partial charge in [-0.15, -0.1) is 0 Å². The van der Waals surface area contributed by atoms with Crippen molar-refractivity contribution in [3.63, 3.8) is 0 Å². The Labute approximate surface area is 159 Å². The van der Waals surface area contributed by atoms with E-state index in [1.54, 1.807) is 12.0 Å². The van der Waals surface area contributed by atoms with Crippen molar-refractivity contribution in [2.75, 3.05) is 18.6 Å². The minimum atomic E-state index is -0.446. The van der Waals surface area contributed by atoms with Gasteiger partial charge in [0, 0.05) is 19.0 Å². The number of anilines is 1. The van der Waals surface area contributed by atoms with Crippen LogP contribution in [0.4, 0.5) is 5.69 Å². The first-order valence-electron chi connectivity index (χ1n) is 9.45. The molecule has 0 bridgehead atoms. The molecule has 7 nitrogen and oxygen atoms in total. The molecule has 0 spiro atoms. The molecule has 1 aliphatic heterocycles. The predicted molar refractivity (Wildman–Crippen MR) is 101 cm³/mol. The average molecular weight is 373 g/mol. The number of amides is 3. The zero-order chi connectivity index (χ0) is 19.6. The van der Waals surface area contributed by atoms with Gasteiger partial charge < -0.3 is 20.7 Å². The van der Waals surface area contributed by atoms with E-state index in [-0.39, 0.29) is 36.1 Å². The topological polar surface area (TPSA) is 102 Å². The maximum atomic E-state index is 12.8. The van der Waals surface area contributed by atoms with E-state index in [2.05, 4.69) is 5.32 Å². The highest BCUT2D eigenvalue weighted by atomic mass is 16.5. The van der Waals surface area contributed by atoms with Crippen LogP contribution >= 0.6 is 0 Å². The first-order chi connectivity index (χ1) is 12.9. The van der Waals surface area contributed by atoms with Crippen LogP contribution in [0.5, 0.6) is 5.75 Å². The van der Waals surface area contributed by atoms with Gasteiger partial charge in [-0.2, -0.15) is 0 Å². The summed E-state index contributed by atoms with van der Waals surface area (Å²) in [7, 11) is 1.56. The lowest BCUT2D eigenvalue weighted by Crippen LogP contribution is -2.49. The first-order valence-corrected chi connectivity index (χ1v) is 9.45. The summed E-state index contributed by atoms with van der Waals surface area (Å²) < 4.78 is 5.37. The minimum absolute atomic E-state index is 0.103. The summed E-state index contributed by atoms with van der Waals surface area (Å²) in [5.41, 5.74) is 7.18. The third-order valence-electron chi connectivity index (χ3n) is 5.58. The largest absolute Gasteiger partial charge is 0.495 e. The van der Waals surface area contributed by atoms with Crippen LogP contribution in [0.3, 0.4) is 0 Å². The number of methoxy groups -OCH3 is 1. The monoisotopic (exact) mass is 373 g/mol. The Balaban J connectivity index is 1.71. The van der Waals surface area contributed by atoms with Crippen molar-refractivity contribution in [2.45, 2.75) is 45.1 Å². The van der Waals surface area contributed by atoms with Crippen LogP contribution in [0.1, 0.15) is 37.7 Å². The quantitative estimate of drug-likeness (QED) is 0.817. The van der Waals surface area contributed by atoms with Gasteiger partial charge in [0.05, 0.1) is 24.6 Å². The van der Waals surface area contributed by atoms with E-state index >= 15 is 0 Å². The highest BCUT2D eigenvalue weighted by Gasteiger charge is 2.38. The van der Waals surface area contributed by atoms with Crippen molar-refractivity contribution in [1.29, 1.82) is 0 Å². The standard InChI is InChI=1S/C20H27N3O4/c1-12-7-8-17(27-2)16(9-12)23-11-13(10-18(23)24)20(26)22-15-6-4-3-5-14(15)19(21)25/h7-9,13-15H,3-6,10-11H2,1-2H3,(H2,21,25)(H,22,26)/t13-,14-,15-/m1/s1. The number of primary amides is 1. The normalized spacial score (nSPS) is 25.3. The van der Waals surface area contributed by atoms with Crippen LogP contribution in [-0.4, -0.2) is 37.4 Å². The number of nitrogens with zero attached hydrogens (tertiary/aromatic N) is 1. The third kappa shape index (κ3) is 4.07. The number of benzene rings is 1. The Morgan fingerprint density at radius 1 is 1.26 bits per heavy atom. The molecule has 3 N–H and O–H groups in total.